The molecule has 0 unspecified atom stereocenters. The Bertz CT molecular complexity index is 1340. The fourth-order valence-corrected chi connectivity index (χ4v) is 5.22. The first-order chi connectivity index (χ1) is 15.0. The van der Waals surface area contributed by atoms with Gasteiger partial charge in [-0.3, -0.25) is 0 Å². The Kier molecular flexibility index (Phi) is 5.09. The van der Waals surface area contributed by atoms with Crippen LogP contribution in [0.1, 0.15) is 11.3 Å². The van der Waals surface area contributed by atoms with Gasteiger partial charge in [-0.05, 0) is 36.8 Å². The lowest BCUT2D eigenvalue weighted by Gasteiger charge is -2.26. The van der Waals surface area contributed by atoms with E-state index in [9.17, 15) is 8.42 Å². The highest BCUT2D eigenvalue weighted by Gasteiger charge is 2.26. The first-order valence-corrected chi connectivity index (χ1v) is 11.6. The van der Waals surface area contributed by atoms with E-state index >= 15 is 0 Å². The van der Waals surface area contributed by atoms with E-state index in [1.807, 2.05) is 53.9 Å². The summed E-state index contributed by atoms with van der Waals surface area (Å²) < 4.78 is 34.2. The standard InChI is InChI=1S/C22H23N5O3S/c1-16-14-21-24-22(19-4-2-3-5-20(19)27(21)25-16)23-15-17-6-8-18(9-7-17)31(28,29)26-10-12-30-13-11-26/h2-9,14H,10-13,15H2,1H3,(H,23,24). The number of nitrogens with one attached hydrogen (secondary N) is 1. The summed E-state index contributed by atoms with van der Waals surface area (Å²) in [6.45, 7) is 4.12. The lowest BCUT2D eigenvalue weighted by molar-refractivity contribution is 0.0730. The van der Waals surface area contributed by atoms with Gasteiger partial charge in [0, 0.05) is 31.1 Å². The number of fused-ring (bicyclic) bond motifs is 3. The molecule has 1 N–H and O–H groups in total. The number of hydrogen-bond acceptors (Lipinski definition) is 6. The van der Waals surface area contributed by atoms with E-state index in [1.54, 1.807) is 12.1 Å². The highest BCUT2D eigenvalue weighted by Crippen LogP contribution is 2.24. The summed E-state index contributed by atoms with van der Waals surface area (Å²) in [5.41, 5.74) is 3.64. The molecule has 0 bridgehead atoms. The van der Waals surface area contributed by atoms with Crippen molar-refractivity contribution in [2.45, 2.75) is 18.4 Å². The molecule has 1 fully saturated rings. The van der Waals surface area contributed by atoms with Crippen molar-refractivity contribution < 1.29 is 13.2 Å². The number of hydrogen-bond donors (Lipinski definition) is 1. The van der Waals surface area contributed by atoms with Gasteiger partial charge in [-0.1, -0.05) is 24.3 Å². The molecule has 1 aliphatic rings. The van der Waals surface area contributed by atoms with Gasteiger partial charge in [0.05, 0.1) is 29.3 Å². The highest BCUT2D eigenvalue weighted by atomic mass is 32.2. The molecule has 9 heteroatoms. The van der Waals surface area contributed by atoms with Crippen LogP contribution in [0.25, 0.3) is 16.6 Å². The second-order valence-electron chi connectivity index (χ2n) is 7.55. The van der Waals surface area contributed by atoms with Gasteiger partial charge < -0.3 is 10.1 Å². The molecular formula is C22H23N5O3S. The third-order valence-electron chi connectivity index (χ3n) is 5.42. The summed E-state index contributed by atoms with van der Waals surface area (Å²) in [4.78, 5) is 5.04. The summed E-state index contributed by atoms with van der Waals surface area (Å²) >= 11 is 0. The molecule has 0 radical (unpaired) electrons. The van der Waals surface area contributed by atoms with Crippen LogP contribution in [0.3, 0.4) is 0 Å². The number of sulfonamides is 1. The summed E-state index contributed by atoms with van der Waals surface area (Å²) in [6.07, 6.45) is 0. The molecular weight excluding hydrogens is 414 g/mol. The van der Waals surface area contributed by atoms with E-state index in [-0.39, 0.29) is 0 Å². The maximum Gasteiger partial charge on any atom is 0.243 e. The van der Waals surface area contributed by atoms with Gasteiger partial charge in [0.1, 0.15) is 5.82 Å². The summed E-state index contributed by atoms with van der Waals surface area (Å²) in [6, 6.07) is 16.9. The van der Waals surface area contributed by atoms with E-state index in [0.717, 1.165) is 33.6 Å². The summed E-state index contributed by atoms with van der Waals surface area (Å²) in [5.74, 6) is 0.771. The van der Waals surface area contributed by atoms with E-state index in [4.69, 9.17) is 9.72 Å². The van der Waals surface area contributed by atoms with E-state index in [2.05, 4.69) is 10.4 Å². The second kappa shape index (κ2) is 7.92. The van der Waals surface area contributed by atoms with Gasteiger partial charge in [0.25, 0.3) is 0 Å². The Morgan fingerprint density at radius 2 is 1.81 bits per heavy atom. The predicted octanol–water partition coefficient (Wildman–Crippen LogP) is 2.82. The van der Waals surface area contributed by atoms with Crippen molar-refractivity contribution in [3.8, 4) is 0 Å². The molecule has 1 saturated heterocycles. The number of aryl methyl sites for hydroxylation is 1. The number of ether oxygens (including phenoxy) is 1. The molecule has 5 rings (SSSR count). The number of aromatic nitrogens is 3. The smallest absolute Gasteiger partial charge is 0.243 e. The second-order valence-corrected chi connectivity index (χ2v) is 9.49. The van der Waals surface area contributed by atoms with Crippen LogP contribution in [0.15, 0.2) is 59.5 Å². The minimum Gasteiger partial charge on any atom is -0.379 e. The maximum absolute atomic E-state index is 12.8. The van der Waals surface area contributed by atoms with Gasteiger partial charge >= 0.3 is 0 Å². The topological polar surface area (TPSA) is 88.8 Å². The SMILES string of the molecule is Cc1cc2nc(NCc3ccc(S(=O)(=O)N4CCOCC4)cc3)c3ccccc3n2n1. The molecule has 31 heavy (non-hydrogen) atoms. The molecule has 2 aromatic carbocycles. The molecule has 4 aromatic rings. The first kappa shape index (κ1) is 19.9. The third-order valence-corrected chi connectivity index (χ3v) is 7.33. The molecule has 8 nitrogen and oxygen atoms in total. The first-order valence-electron chi connectivity index (χ1n) is 10.2. The number of rotatable bonds is 5. The van der Waals surface area contributed by atoms with Crippen LogP contribution in [0.2, 0.25) is 0 Å². The summed E-state index contributed by atoms with van der Waals surface area (Å²) in [7, 11) is -3.49. The molecule has 2 aromatic heterocycles. The molecule has 160 valence electrons. The zero-order chi connectivity index (χ0) is 21.4. The molecule has 0 saturated carbocycles. The minimum atomic E-state index is -3.49. The van der Waals surface area contributed by atoms with Crippen LogP contribution in [-0.4, -0.2) is 53.6 Å². The van der Waals surface area contributed by atoms with Crippen LogP contribution in [0.5, 0.6) is 0 Å². The van der Waals surface area contributed by atoms with Gasteiger partial charge in [0.2, 0.25) is 10.0 Å². The quantitative estimate of drug-likeness (QED) is 0.517. The molecule has 0 aliphatic carbocycles. The van der Waals surface area contributed by atoms with Gasteiger partial charge in [-0.15, -0.1) is 0 Å². The molecule has 3 heterocycles. The van der Waals surface area contributed by atoms with Gasteiger partial charge in [-0.25, -0.2) is 17.9 Å². The fraction of sp³-hybridized carbons (Fsp3) is 0.273. The van der Waals surface area contributed by atoms with E-state index in [1.165, 1.54) is 4.31 Å². The Hall–Kier alpha value is -3.01. The molecule has 1 aliphatic heterocycles. The average molecular weight is 438 g/mol. The van der Waals surface area contributed by atoms with Crippen LogP contribution >= 0.6 is 0 Å². The number of anilines is 1. The largest absolute Gasteiger partial charge is 0.379 e. The van der Waals surface area contributed by atoms with E-state index in [0.29, 0.717) is 37.7 Å². The average Bonchev–Trinajstić information content (AvgIpc) is 3.18. The highest BCUT2D eigenvalue weighted by molar-refractivity contribution is 7.89. The van der Waals surface area contributed by atoms with Crippen molar-refractivity contribution >= 4 is 32.4 Å². The van der Waals surface area contributed by atoms with Gasteiger partial charge in [-0.2, -0.15) is 9.40 Å². The van der Waals surface area contributed by atoms with Crippen LogP contribution in [0, 0.1) is 6.92 Å². The van der Waals surface area contributed by atoms with Gasteiger partial charge in [0.15, 0.2) is 5.65 Å². The van der Waals surface area contributed by atoms with Crippen molar-refractivity contribution in [3.05, 3.63) is 65.9 Å². The predicted molar refractivity (Wildman–Crippen MR) is 119 cm³/mol. The number of morpholine rings is 1. The Balaban J connectivity index is 1.38. The Morgan fingerprint density at radius 1 is 1.06 bits per heavy atom. The van der Waals surface area contributed by atoms with Crippen molar-refractivity contribution in [1.82, 2.24) is 18.9 Å². The fourth-order valence-electron chi connectivity index (χ4n) is 3.81. The van der Waals surface area contributed by atoms with Crippen molar-refractivity contribution in [3.63, 3.8) is 0 Å². The molecule has 0 amide bonds. The third kappa shape index (κ3) is 3.76. The van der Waals surface area contributed by atoms with Crippen LogP contribution in [0.4, 0.5) is 5.82 Å². The lowest BCUT2D eigenvalue weighted by Crippen LogP contribution is -2.40. The number of para-hydroxylation sites is 1. The van der Waals surface area contributed by atoms with E-state index < -0.39 is 10.0 Å². The van der Waals surface area contributed by atoms with Crippen LogP contribution < -0.4 is 5.32 Å². The monoisotopic (exact) mass is 437 g/mol. The maximum atomic E-state index is 12.8. The van der Waals surface area contributed by atoms with Crippen molar-refractivity contribution in [2.24, 2.45) is 0 Å². The van der Waals surface area contributed by atoms with Crippen molar-refractivity contribution in [1.29, 1.82) is 0 Å². The van der Waals surface area contributed by atoms with Crippen molar-refractivity contribution in [2.75, 3.05) is 31.6 Å². The Labute approximate surface area is 180 Å². The molecule has 0 atom stereocenters. The zero-order valence-corrected chi connectivity index (χ0v) is 18.0. The summed E-state index contributed by atoms with van der Waals surface area (Å²) in [5, 5.41) is 8.90. The lowest BCUT2D eigenvalue weighted by atomic mass is 10.2. The molecule has 0 spiro atoms. The normalized spacial score (nSPS) is 15.5. The Morgan fingerprint density at radius 3 is 2.58 bits per heavy atom. The number of benzene rings is 2. The number of nitrogens with zero attached hydrogens (tertiary/aromatic N) is 4. The van der Waals surface area contributed by atoms with Crippen LogP contribution in [-0.2, 0) is 21.3 Å². The minimum absolute atomic E-state index is 0.304. The zero-order valence-electron chi connectivity index (χ0n) is 17.2.